The van der Waals surface area contributed by atoms with Crippen molar-refractivity contribution in [1.82, 2.24) is 0 Å². The van der Waals surface area contributed by atoms with Gasteiger partial charge in [0.15, 0.2) is 0 Å². The third-order valence-corrected chi connectivity index (χ3v) is 12.2. The van der Waals surface area contributed by atoms with Gasteiger partial charge in [-0.05, 0) is 25.9 Å². The lowest BCUT2D eigenvalue weighted by Crippen LogP contribution is -2.42. The molecule has 0 bridgehead atoms. The zero-order valence-corrected chi connectivity index (χ0v) is 28.2. The monoisotopic (exact) mass is 555 g/mol. The summed E-state index contributed by atoms with van der Waals surface area (Å²) >= 11 is 0. The molecule has 0 aromatic carbocycles. The smallest absolute Gasteiger partial charge is 0.338 e. The van der Waals surface area contributed by atoms with Crippen LogP contribution in [0.4, 0.5) is 0 Å². The summed E-state index contributed by atoms with van der Waals surface area (Å²) in [5, 5.41) is 0. The van der Waals surface area contributed by atoms with Crippen LogP contribution >= 0.6 is 0 Å². The molecule has 0 aliphatic rings. The molecule has 230 valence electrons. The number of rotatable bonds is 33. The summed E-state index contributed by atoms with van der Waals surface area (Å²) in [5.41, 5.74) is 0. The summed E-state index contributed by atoms with van der Waals surface area (Å²) in [6.07, 6.45) is 38.4. The van der Waals surface area contributed by atoms with Crippen molar-refractivity contribution in [3.8, 4) is 0 Å². The van der Waals surface area contributed by atoms with Crippen molar-refractivity contribution in [1.29, 1.82) is 0 Å². The highest BCUT2D eigenvalue weighted by Gasteiger charge is 2.35. The zero-order valence-electron chi connectivity index (χ0n) is 27.2. The van der Waals surface area contributed by atoms with E-state index in [1.54, 1.807) is 0 Å². The second-order valence-electron chi connectivity index (χ2n) is 12.1. The van der Waals surface area contributed by atoms with Crippen LogP contribution in [0.3, 0.4) is 0 Å². The third kappa shape index (κ3) is 26.4. The minimum absolute atomic E-state index is 0.822. The van der Waals surface area contributed by atoms with Gasteiger partial charge in [0, 0.05) is 13.2 Å². The van der Waals surface area contributed by atoms with Crippen molar-refractivity contribution in [2.24, 2.45) is 0 Å². The van der Waals surface area contributed by atoms with Crippen LogP contribution in [0.15, 0.2) is 0 Å². The molecule has 2 nitrogen and oxygen atoms in total. The molecule has 0 aliphatic heterocycles. The highest BCUT2D eigenvalue weighted by Crippen LogP contribution is 2.26. The third-order valence-electron chi connectivity index (χ3n) is 8.39. The molecule has 3 heteroatoms. The van der Waals surface area contributed by atoms with E-state index >= 15 is 0 Å². The fourth-order valence-electron chi connectivity index (χ4n) is 5.98. The van der Waals surface area contributed by atoms with Gasteiger partial charge in [-0.25, -0.2) is 0 Å². The standard InChI is InChI=1S/C35H74O2Si/c1-5-9-11-13-15-17-19-20-21-22-23-24-25-27-29-31-33-35-38(36-7-3,37-8-4)34-32-30-28-26-18-16-14-12-10-6-2/h5-35H2,1-4H3. The Hall–Kier alpha value is 0.137. The van der Waals surface area contributed by atoms with Crippen LogP contribution in [0.2, 0.25) is 12.1 Å². The van der Waals surface area contributed by atoms with E-state index in [4.69, 9.17) is 8.85 Å². The van der Waals surface area contributed by atoms with Crippen molar-refractivity contribution in [3.05, 3.63) is 0 Å². The van der Waals surface area contributed by atoms with Crippen LogP contribution in [0.25, 0.3) is 0 Å². The lowest BCUT2D eigenvalue weighted by atomic mass is 10.0. The van der Waals surface area contributed by atoms with E-state index in [1.165, 1.54) is 185 Å². The molecule has 0 unspecified atom stereocenters. The van der Waals surface area contributed by atoms with Gasteiger partial charge in [0.1, 0.15) is 0 Å². The lowest BCUT2D eigenvalue weighted by Gasteiger charge is -2.30. The van der Waals surface area contributed by atoms with Crippen molar-refractivity contribution in [2.75, 3.05) is 13.2 Å². The van der Waals surface area contributed by atoms with Gasteiger partial charge in [0.05, 0.1) is 0 Å². The topological polar surface area (TPSA) is 18.5 Å². The largest absolute Gasteiger partial charge is 0.394 e. The van der Waals surface area contributed by atoms with Crippen molar-refractivity contribution in [3.63, 3.8) is 0 Å². The maximum atomic E-state index is 6.40. The summed E-state index contributed by atoms with van der Waals surface area (Å²) in [6.45, 7) is 10.6. The minimum atomic E-state index is -1.99. The van der Waals surface area contributed by atoms with Gasteiger partial charge in [0.25, 0.3) is 0 Å². The summed E-state index contributed by atoms with van der Waals surface area (Å²) in [7, 11) is -1.99. The van der Waals surface area contributed by atoms with Crippen LogP contribution in [0, 0.1) is 0 Å². The Balaban J connectivity index is 3.74. The van der Waals surface area contributed by atoms with E-state index in [0.717, 1.165) is 13.2 Å². The molecule has 0 fully saturated rings. The first-order valence-electron chi connectivity index (χ1n) is 18.0. The molecular formula is C35H74O2Si. The maximum Gasteiger partial charge on any atom is 0.338 e. The Morgan fingerprint density at radius 2 is 0.500 bits per heavy atom. The first-order chi connectivity index (χ1) is 18.7. The Morgan fingerprint density at radius 1 is 0.289 bits per heavy atom. The number of unbranched alkanes of at least 4 members (excludes halogenated alkanes) is 25. The van der Waals surface area contributed by atoms with Gasteiger partial charge in [-0.1, -0.05) is 187 Å². The molecule has 0 atom stereocenters. The maximum absolute atomic E-state index is 6.40. The molecule has 38 heavy (non-hydrogen) atoms. The van der Waals surface area contributed by atoms with E-state index in [1.807, 2.05) is 0 Å². The van der Waals surface area contributed by atoms with Crippen LogP contribution in [-0.2, 0) is 8.85 Å². The van der Waals surface area contributed by atoms with Crippen molar-refractivity contribution in [2.45, 2.75) is 213 Å². The molecule has 0 amide bonds. The second-order valence-corrected chi connectivity index (χ2v) is 15.5. The Labute approximate surface area is 243 Å². The van der Waals surface area contributed by atoms with Gasteiger partial charge in [0.2, 0.25) is 0 Å². The van der Waals surface area contributed by atoms with E-state index in [9.17, 15) is 0 Å². The van der Waals surface area contributed by atoms with Crippen LogP contribution < -0.4 is 0 Å². The first kappa shape index (κ1) is 38.1. The highest BCUT2D eigenvalue weighted by molar-refractivity contribution is 6.67. The molecule has 0 saturated carbocycles. The molecular weight excluding hydrogens is 480 g/mol. The van der Waals surface area contributed by atoms with Gasteiger partial charge in [-0.3, -0.25) is 0 Å². The van der Waals surface area contributed by atoms with E-state index in [2.05, 4.69) is 27.7 Å². The summed E-state index contributed by atoms with van der Waals surface area (Å²) in [6, 6.07) is 2.43. The van der Waals surface area contributed by atoms with Gasteiger partial charge < -0.3 is 8.85 Å². The predicted molar refractivity (Wildman–Crippen MR) is 175 cm³/mol. The summed E-state index contributed by atoms with van der Waals surface area (Å²) in [4.78, 5) is 0. The molecule has 0 aliphatic carbocycles. The number of hydrogen-bond acceptors (Lipinski definition) is 2. The highest BCUT2D eigenvalue weighted by atomic mass is 28.4. The Kier molecular flexibility index (Phi) is 31.8. The quantitative estimate of drug-likeness (QED) is 0.0593. The normalized spacial score (nSPS) is 12.0. The summed E-state index contributed by atoms with van der Waals surface area (Å²) < 4.78 is 12.8. The van der Waals surface area contributed by atoms with Crippen LogP contribution in [-0.4, -0.2) is 21.8 Å². The Morgan fingerprint density at radius 3 is 0.711 bits per heavy atom. The predicted octanol–water partition coefficient (Wildman–Crippen LogP) is 13.1. The van der Waals surface area contributed by atoms with Crippen molar-refractivity contribution >= 4 is 8.56 Å². The van der Waals surface area contributed by atoms with Gasteiger partial charge in [-0.2, -0.15) is 0 Å². The molecule has 0 radical (unpaired) electrons. The Bertz CT molecular complexity index is 422. The SMILES string of the molecule is CCCCCCCCCCCCCCCCCCC[Si](CCCCCCCCCCCC)(OCC)OCC. The molecule has 0 spiro atoms. The van der Waals surface area contributed by atoms with E-state index in [0.29, 0.717) is 0 Å². The second kappa shape index (κ2) is 31.7. The van der Waals surface area contributed by atoms with E-state index < -0.39 is 8.56 Å². The van der Waals surface area contributed by atoms with Gasteiger partial charge in [-0.15, -0.1) is 0 Å². The molecule has 0 heterocycles. The lowest BCUT2D eigenvalue weighted by molar-refractivity contribution is 0.180. The average Bonchev–Trinajstić information content (AvgIpc) is 2.92. The number of hydrogen-bond donors (Lipinski definition) is 0. The molecule has 0 N–H and O–H groups in total. The fraction of sp³-hybridized carbons (Fsp3) is 1.00. The fourth-order valence-corrected chi connectivity index (χ4v) is 9.52. The molecule has 0 rings (SSSR count). The first-order valence-corrected chi connectivity index (χ1v) is 20.3. The zero-order chi connectivity index (χ0) is 27.8. The van der Waals surface area contributed by atoms with E-state index in [-0.39, 0.29) is 0 Å². The molecule has 0 aromatic heterocycles. The molecule has 0 saturated heterocycles. The minimum Gasteiger partial charge on any atom is -0.394 e. The molecule has 0 aromatic rings. The van der Waals surface area contributed by atoms with Crippen molar-refractivity contribution < 1.29 is 8.85 Å². The summed E-state index contributed by atoms with van der Waals surface area (Å²) in [5.74, 6) is 0. The van der Waals surface area contributed by atoms with Gasteiger partial charge >= 0.3 is 8.56 Å². The van der Waals surface area contributed by atoms with Crippen LogP contribution in [0.1, 0.15) is 201 Å². The average molecular weight is 555 g/mol. The van der Waals surface area contributed by atoms with Crippen LogP contribution in [0.5, 0.6) is 0 Å².